The van der Waals surface area contributed by atoms with Crippen molar-refractivity contribution in [3.8, 4) is 11.5 Å². The monoisotopic (exact) mass is 294 g/mol. The number of hydrogen-bond acceptors (Lipinski definition) is 4. The Morgan fingerprint density at radius 1 is 1.17 bits per heavy atom. The molecule has 0 radical (unpaired) electrons. The Hall–Kier alpha value is -0.680. The maximum Gasteiger partial charge on any atom is 0.162 e. The lowest BCUT2D eigenvalue weighted by atomic mass is 10.0. The molecule has 0 saturated carbocycles. The van der Waals surface area contributed by atoms with Gasteiger partial charge in [-0.3, -0.25) is 4.90 Å². The Labute approximate surface area is 120 Å². The summed E-state index contributed by atoms with van der Waals surface area (Å²) in [6, 6.07) is 5.27. The number of nitrogens with one attached hydrogen (secondary N) is 1. The van der Waals surface area contributed by atoms with Crippen LogP contribution in [0.15, 0.2) is 18.2 Å². The summed E-state index contributed by atoms with van der Waals surface area (Å²) >= 11 is 0. The van der Waals surface area contributed by atoms with Crippen LogP contribution in [-0.2, 0) is 0 Å². The van der Waals surface area contributed by atoms with Gasteiger partial charge in [-0.15, -0.1) is 24.8 Å². The molecule has 1 aliphatic heterocycles. The van der Waals surface area contributed by atoms with Crippen molar-refractivity contribution in [3.05, 3.63) is 23.8 Å². The number of para-hydroxylation sites is 1. The van der Waals surface area contributed by atoms with E-state index in [0.717, 1.165) is 31.7 Å². The summed E-state index contributed by atoms with van der Waals surface area (Å²) in [5, 5.41) is 22.6. The number of nitrogens with zero attached hydrogens (tertiary/aromatic N) is 1. The first-order valence-corrected chi connectivity index (χ1v) is 5.66. The highest BCUT2D eigenvalue weighted by atomic mass is 35.5. The van der Waals surface area contributed by atoms with Crippen LogP contribution >= 0.6 is 24.8 Å². The zero-order valence-corrected chi connectivity index (χ0v) is 11.9. The average Bonchev–Trinajstić information content (AvgIpc) is 2.33. The number of benzene rings is 1. The van der Waals surface area contributed by atoms with E-state index in [1.54, 1.807) is 6.07 Å². The maximum absolute atomic E-state index is 9.81. The van der Waals surface area contributed by atoms with E-state index < -0.39 is 0 Å². The summed E-state index contributed by atoms with van der Waals surface area (Å²) in [6.45, 7) is 5.94. The van der Waals surface area contributed by atoms with Gasteiger partial charge >= 0.3 is 0 Å². The van der Waals surface area contributed by atoms with Crippen LogP contribution in [-0.4, -0.2) is 41.3 Å². The van der Waals surface area contributed by atoms with Gasteiger partial charge in [-0.2, -0.15) is 0 Å². The number of phenols is 2. The summed E-state index contributed by atoms with van der Waals surface area (Å²) in [4.78, 5) is 2.30. The van der Waals surface area contributed by atoms with E-state index >= 15 is 0 Å². The fourth-order valence-electron chi connectivity index (χ4n) is 2.15. The van der Waals surface area contributed by atoms with Crippen molar-refractivity contribution in [2.45, 2.75) is 13.0 Å². The van der Waals surface area contributed by atoms with Crippen molar-refractivity contribution in [2.24, 2.45) is 0 Å². The molecule has 1 aliphatic rings. The van der Waals surface area contributed by atoms with Gasteiger partial charge in [-0.25, -0.2) is 0 Å². The fourth-order valence-corrected chi connectivity index (χ4v) is 2.15. The first-order valence-electron chi connectivity index (χ1n) is 5.66. The number of hydrogen-bond donors (Lipinski definition) is 3. The minimum atomic E-state index is -0.0421. The van der Waals surface area contributed by atoms with E-state index in [1.807, 2.05) is 6.07 Å². The molecule has 6 heteroatoms. The van der Waals surface area contributed by atoms with E-state index in [9.17, 15) is 10.2 Å². The fraction of sp³-hybridized carbons (Fsp3) is 0.500. The molecule has 104 valence electrons. The molecule has 1 heterocycles. The van der Waals surface area contributed by atoms with Crippen LogP contribution in [0.25, 0.3) is 0 Å². The molecular weight excluding hydrogens is 275 g/mol. The number of piperazine rings is 1. The van der Waals surface area contributed by atoms with Crippen LogP contribution in [0.5, 0.6) is 11.5 Å². The minimum Gasteiger partial charge on any atom is -0.504 e. The Kier molecular flexibility index (Phi) is 7.40. The zero-order valence-electron chi connectivity index (χ0n) is 10.3. The number of phenolic OH excluding ortho intramolecular Hbond substituents is 2. The Bertz CT molecular complexity index is 371. The topological polar surface area (TPSA) is 55.7 Å². The van der Waals surface area contributed by atoms with Crippen molar-refractivity contribution in [1.29, 1.82) is 0 Å². The van der Waals surface area contributed by atoms with Crippen LogP contribution < -0.4 is 5.32 Å². The molecule has 0 amide bonds. The van der Waals surface area contributed by atoms with Gasteiger partial charge in [0.15, 0.2) is 11.5 Å². The molecule has 0 unspecified atom stereocenters. The summed E-state index contributed by atoms with van der Waals surface area (Å²) in [5.74, 6) is -0.0342. The third-order valence-electron chi connectivity index (χ3n) is 3.20. The van der Waals surface area contributed by atoms with Crippen molar-refractivity contribution >= 4 is 24.8 Å². The minimum absolute atomic E-state index is 0. The van der Waals surface area contributed by atoms with E-state index in [0.29, 0.717) is 0 Å². The number of halogens is 2. The second-order valence-electron chi connectivity index (χ2n) is 4.18. The van der Waals surface area contributed by atoms with Gasteiger partial charge in [0.05, 0.1) is 0 Å². The average molecular weight is 295 g/mol. The summed E-state index contributed by atoms with van der Waals surface area (Å²) in [5.41, 5.74) is 0.793. The van der Waals surface area contributed by atoms with Crippen LogP contribution in [0.4, 0.5) is 0 Å². The molecule has 18 heavy (non-hydrogen) atoms. The van der Waals surface area contributed by atoms with E-state index in [-0.39, 0.29) is 42.4 Å². The summed E-state index contributed by atoms with van der Waals surface area (Å²) < 4.78 is 0. The highest BCUT2D eigenvalue weighted by molar-refractivity contribution is 5.85. The zero-order chi connectivity index (χ0) is 11.5. The summed E-state index contributed by atoms with van der Waals surface area (Å²) in [6.07, 6.45) is 0. The van der Waals surface area contributed by atoms with Gasteiger partial charge in [0, 0.05) is 37.8 Å². The van der Waals surface area contributed by atoms with E-state index in [1.165, 1.54) is 6.07 Å². The lowest BCUT2D eigenvalue weighted by molar-refractivity contribution is 0.182. The first-order chi connectivity index (χ1) is 7.70. The second-order valence-corrected chi connectivity index (χ2v) is 4.18. The van der Waals surface area contributed by atoms with Crippen LogP contribution in [0.2, 0.25) is 0 Å². The third-order valence-corrected chi connectivity index (χ3v) is 3.20. The lowest BCUT2D eigenvalue weighted by Gasteiger charge is -2.33. The highest BCUT2D eigenvalue weighted by Crippen LogP contribution is 2.34. The maximum atomic E-state index is 9.81. The molecule has 1 fully saturated rings. The standard InChI is InChI=1S/C12H18N2O2.2ClH/c1-9(14-7-5-13-6-8-14)10-3-2-4-11(15)12(10)16;;/h2-4,9,13,15-16H,5-8H2,1H3;2*1H/t9-;;/m1../s1. The molecule has 1 saturated heterocycles. The number of rotatable bonds is 2. The Balaban J connectivity index is 0.00000144. The van der Waals surface area contributed by atoms with Crippen molar-refractivity contribution in [3.63, 3.8) is 0 Å². The van der Waals surface area contributed by atoms with E-state index in [4.69, 9.17) is 0 Å². The SMILES string of the molecule is C[C@H](c1cccc(O)c1O)N1CCNCC1.Cl.Cl. The first kappa shape index (κ1) is 17.3. The van der Waals surface area contributed by atoms with E-state index in [2.05, 4.69) is 17.1 Å². The number of aromatic hydroxyl groups is 2. The normalized spacial score (nSPS) is 17.4. The molecular formula is C12H20Cl2N2O2. The van der Waals surface area contributed by atoms with Gasteiger partial charge in [0.2, 0.25) is 0 Å². The van der Waals surface area contributed by atoms with Gasteiger partial charge in [-0.05, 0) is 13.0 Å². The van der Waals surface area contributed by atoms with Crippen molar-refractivity contribution in [2.75, 3.05) is 26.2 Å². The molecule has 1 aromatic rings. The predicted molar refractivity (Wildman–Crippen MR) is 77.1 cm³/mol. The molecule has 3 N–H and O–H groups in total. The second kappa shape index (κ2) is 7.69. The quantitative estimate of drug-likeness (QED) is 0.730. The molecule has 4 nitrogen and oxygen atoms in total. The van der Waals surface area contributed by atoms with Crippen molar-refractivity contribution in [1.82, 2.24) is 10.2 Å². The molecule has 1 atom stereocenters. The van der Waals surface area contributed by atoms with Crippen LogP contribution in [0.1, 0.15) is 18.5 Å². The third kappa shape index (κ3) is 3.65. The molecule has 0 aromatic heterocycles. The molecule has 0 spiro atoms. The predicted octanol–water partition coefficient (Wildman–Crippen LogP) is 1.91. The lowest BCUT2D eigenvalue weighted by Crippen LogP contribution is -2.44. The molecule has 2 rings (SSSR count). The van der Waals surface area contributed by atoms with Crippen LogP contribution in [0.3, 0.4) is 0 Å². The smallest absolute Gasteiger partial charge is 0.162 e. The van der Waals surface area contributed by atoms with Crippen LogP contribution in [0, 0.1) is 0 Å². The van der Waals surface area contributed by atoms with Gasteiger partial charge in [0.1, 0.15) is 0 Å². The molecule has 0 aliphatic carbocycles. The molecule has 0 bridgehead atoms. The van der Waals surface area contributed by atoms with Crippen molar-refractivity contribution < 1.29 is 10.2 Å². The van der Waals surface area contributed by atoms with Gasteiger partial charge < -0.3 is 15.5 Å². The Morgan fingerprint density at radius 2 is 1.78 bits per heavy atom. The van der Waals surface area contributed by atoms with Gasteiger partial charge in [0.25, 0.3) is 0 Å². The molecule has 1 aromatic carbocycles. The largest absolute Gasteiger partial charge is 0.504 e. The van der Waals surface area contributed by atoms with Gasteiger partial charge in [-0.1, -0.05) is 12.1 Å². The highest BCUT2D eigenvalue weighted by Gasteiger charge is 2.21. The summed E-state index contributed by atoms with van der Waals surface area (Å²) in [7, 11) is 0. The Morgan fingerprint density at radius 3 is 2.39 bits per heavy atom.